The van der Waals surface area contributed by atoms with E-state index in [2.05, 4.69) is 5.16 Å². The lowest BCUT2D eigenvalue weighted by Crippen LogP contribution is -2.17. The summed E-state index contributed by atoms with van der Waals surface area (Å²) in [6, 6.07) is 2.10. The van der Waals surface area contributed by atoms with Crippen molar-refractivity contribution in [1.82, 2.24) is 0 Å². The highest BCUT2D eigenvalue weighted by molar-refractivity contribution is 6.33. The van der Waals surface area contributed by atoms with Crippen LogP contribution in [-0.2, 0) is 6.42 Å². The lowest BCUT2D eigenvalue weighted by atomic mass is 9.98. The molecule has 0 atom stereocenters. The number of carboxylic acids is 1. The van der Waals surface area contributed by atoms with E-state index in [4.69, 9.17) is 21.9 Å². The first-order chi connectivity index (χ1) is 8.26. The van der Waals surface area contributed by atoms with E-state index in [1.165, 1.54) is 0 Å². The molecular weight excluding hydrogens is 275 g/mol. The smallest absolute Gasteiger partial charge is 0.393 e. The second kappa shape index (κ2) is 5.26. The summed E-state index contributed by atoms with van der Waals surface area (Å²) in [5, 5.41) is 19.7. The highest BCUT2D eigenvalue weighted by Crippen LogP contribution is 2.29. The molecule has 8 heteroatoms. The molecule has 0 amide bonds. The van der Waals surface area contributed by atoms with Gasteiger partial charge in [-0.2, -0.15) is 13.2 Å². The number of carboxylic acid groups (broad SMARTS) is 1. The van der Waals surface area contributed by atoms with Gasteiger partial charge in [-0.1, -0.05) is 16.8 Å². The minimum absolute atomic E-state index is 0.128. The van der Waals surface area contributed by atoms with Crippen LogP contribution in [0.15, 0.2) is 17.3 Å². The summed E-state index contributed by atoms with van der Waals surface area (Å²) >= 11 is 5.65. The van der Waals surface area contributed by atoms with Crippen LogP contribution in [0.4, 0.5) is 13.2 Å². The third-order valence-electron chi connectivity index (χ3n) is 2.10. The first-order valence-corrected chi connectivity index (χ1v) is 4.93. The van der Waals surface area contributed by atoms with Crippen LogP contribution in [0.5, 0.6) is 0 Å². The predicted octanol–water partition coefficient (Wildman–Crippen LogP) is 2.95. The molecule has 4 nitrogen and oxygen atoms in total. The van der Waals surface area contributed by atoms with E-state index in [0.29, 0.717) is 6.21 Å². The Morgan fingerprint density at radius 3 is 2.50 bits per heavy atom. The van der Waals surface area contributed by atoms with Crippen LogP contribution in [0.25, 0.3) is 0 Å². The van der Waals surface area contributed by atoms with Gasteiger partial charge in [0.1, 0.15) is 0 Å². The van der Waals surface area contributed by atoms with E-state index in [1.54, 1.807) is 0 Å². The van der Waals surface area contributed by atoms with E-state index in [9.17, 15) is 18.0 Å². The number of benzene rings is 1. The van der Waals surface area contributed by atoms with Crippen LogP contribution in [0.3, 0.4) is 0 Å². The van der Waals surface area contributed by atoms with Crippen LogP contribution in [0.1, 0.15) is 21.5 Å². The fourth-order valence-electron chi connectivity index (χ4n) is 1.42. The summed E-state index contributed by atoms with van der Waals surface area (Å²) < 4.78 is 37.2. The van der Waals surface area contributed by atoms with E-state index in [0.717, 1.165) is 12.1 Å². The Balaban J connectivity index is 3.48. The van der Waals surface area contributed by atoms with E-state index in [1.807, 2.05) is 0 Å². The SMILES string of the molecule is O=C(O)c1ccc(Cl)c(C=NO)c1CC(F)(F)F. The number of hydrogen-bond acceptors (Lipinski definition) is 3. The van der Waals surface area contributed by atoms with Gasteiger partial charge in [-0.15, -0.1) is 0 Å². The number of oxime groups is 1. The standard InChI is InChI=1S/C10H7ClF3NO3/c11-8-2-1-5(9(16)17)6(3-10(12,13)14)7(8)4-15-18/h1-2,4,18H,3H2,(H,16,17). The lowest BCUT2D eigenvalue weighted by molar-refractivity contribution is -0.127. The van der Waals surface area contributed by atoms with E-state index >= 15 is 0 Å². The quantitative estimate of drug-likeness (QED) is 0.508. The largest absolute Gasteiger partial charge is 0.478 e. The third-order valence-corrected chi connectivity index (χ3v) is 2.43. The maximum absolute atomic E-state index is 12.4. The topological polar surface area (TPSA) is 69.9 Å². The fraction of sp³-hybridized carbons (Fsp3) is 0.200. The molecule has 0 fully saturated rings. The molecule has 1 rings (SSSR count). The van der Waals surface area contributed by atoms with Crippen molar-refractivity contribution in [2.75, 3.05) is 0 Å². The Morgan fingerprint density at radius 1 is 1.44 bits per heavy atom. The second-order valence-corrected chi connectivity index (χ2v) is 3.74. The van der Waals surface area contributed by atoms with Gasteiger partial charge in [0.05, 0.1) is 18.2 Å². The number of aromatic carboxylic acids is 1. The molecule has 98 valence electrons. The Kier molecular flexibility index (Phi) is 4.18. The van der Waals surface area contributed by atoms with E-state index in [-0.39, 0.29) is 10.6 Å². The fourth-order valence-corrected chi connectivity index (χ4v) is 1.65. The van der Waals surface area contributed by atoms with Gasteiger partial charge < -0.3 is 10.3 Å². The van der Waals surface area contributed by atoms with Gasteiger partial charge in [0.25, 0.3) is 0 Å². The molecule has 1 aromatic carbocycles. The second-order valence-electron chi connectivity index (χ2n) is 3.33. The maximum atomic E-state index is 12.4. The minimum atomic E-state index is -4.60. The minimum Gasteiger partial charge on any atom is -0.478 e. The van der Waals surface area contributed by atoms with Gasteiger partial charge in [0, 0.05) is 10.6 Å². The van der Waals surface area contributed by atoms with Gasteiger partial charge >= 0.3 is 12.1 Å². The molecule has 0 aromatic heterocycles. The number of rotatable bonds is 3. The number of halogens is 4. The summed E-state index contributed by atoms with van der Waals surface area (Å²) in [4.78, 5) is 10.9. The van der Waals surface area contributed by atoms with Crippen LogP contribution < -0.4 is 0 Å². The number of nitrogens with zero attached hydrogens (tertiary/aromatic N) is 1. The molecule has 18 heavy (non-hydrogen) atoms. The van der Waals surface area contributed by atoms with Crippen molar-refractivity contribution >= 4 is 23.8 Å². The van der Waals surface area contributed by atoms with Crippen LogP contribution in [-0.4, -0.2) is 28.7 Å². The molecule has 0 radical (unpaired) electrons. The monoisotopic (exact) mass is 281 g/mol. The summed E-state index contributed by atoms with van der Waals surface area (Å²) in [6.45, 7) is 0. The van der Waals surface area contributed by atoms with Crippen molar-refractivity contribution in [3.05, 3.63) is 33.8 Å². The van der Waals surface area contributed by atoms with Gasteiger partial charge in [-0.3, -0.25) is 0 Å². The zero-order valence-corrected chi connectivity index (χ0v) is 9.46. The van der Waals surface area contributed by atoms with Crippen molar-refractivity contribution in [2.24, 2.45) is 5.16 Å². The van der Waals surface area contributed by atoms with Crippen molar-refractivity contribution in [3.63, 3.8) is 0 Å². The van der Waals surface area contributed by atoms with Gasteiger partial charge in [-0.05, 0) is 17.7 Å². The molecule has 0 saturated carbocycles. The Bertz CT molecular complexity index is 500. The maximum Gasteiger partial charge on any atom is 0.393 e. The molecule has 0 bridgehead atoms. The highest BCUT2D eigenvalue weighted by atomic mass is 35.5. The number of carbonyl (C=O) groups is 1. The summed E-state index contributed by atoms with van der Waals surface area (Å²) in [6.07, 6.45) is -5.40. The zero-order valence-electron chi connectivity index (χ0n) is 8.70. The summed E-state index contributed by atoms with van der Waals surface area (Å²) in [7, 11) is 0. The zero-order chi connectivity index (χ0) is 13.9. The summed E-state index contributed by atoms with van der Waals surface area (Å²) in [5.74, 6) is -1.52. The molecule has 0 heterocycles. The molecule has 0 aliphatic carbocycles. The molecular formula is C10H7ClF3NO3. The van der Waals surface area contributed by atoms with Crippen LogP contribution in [0, 0.1) is 0 Å². The number of alkyl halides is 3. The predicted molar refractivity (Wildman–Crippen MR) is 57.6 cm³/mol. The van der Waals surface area contributed by atoms with Crippen molar-refractivity contribution in [3.8, 4) is 0 Å². The van der Waals surface area contributed by atoms with Gasteiger partial charge in [0.2, 0.25) is 0 Å². The van der Waals surface area contributed by atoms with E-state index < -0.39 is 29.7 Å². The van der Waals surface area contributed by atoms with Crippen LogP contribution >= 0.6 is 11.6 Å². The van der Waals surface area contributed by atoms with Crippen molar-refractivity contribution in [2.45, 2.75) is 12.6 Å². The van der Waals surface area contributed by atoms with Crippen molar-refractivity contribution in [1.29, 1.82) is 0 Å². The summed E-state index contributed by atoms with van der Waals surface area (Å²) in [5.41, 5.74) is -1.34. The third kappa shape index (κ3) is 3.36. The molecule has 0 spiro atoms. The molecule has 1 aromatic rings. The Labute approximate surface area is 104 Å². The highest BCUT2D eigenvalue weighted by Gasteiger charge is 2.32. The Morgan fingerprint density at radius 2 is 2.06 bits per heavy atom. The van der Waals surface area contributed by atoms with Crippen molar-refractivity contribution < 1.29 is 28.3 Å². The van der Waals surface area contributed by atoms with Gasteiger partial charge in [0.15, 0.2) is 0 Å². The average molecular weight is 282 g/mol. The van der Waals surface area contributed by atoms with Gasteiger partial charge in [-0.25, -0.2) is 4.79 Å². The molecule has 0 aliphatic rings. The molecule has 0 unspecified atom stereocenters. The number of hydrogen-bond donors (Lipinski definition) is 2. The lowest BCUT2D eigenvalue weighted by Gasteiger charge is -2.13. The normalized spacial score (nSPS) is 12.0. The first kappa shape index (κ1) is 14.3. The average Bonchev–Trinajstić information content (AvgIpc) is 2.21. The Hall–Kier alpha value is -1.76. The molecule has 0 aliphatic heterocycles. The first-order valence-electron chi connectivity index (χ1n) is 4.55. The van der Waals surface area contributed by atoms with Crippen LogP contribution in [0.2, 0.25) is 5.02 Å². The molecule has 2 N–H and O–H groups in total. The molecule has 0 saturated heterocycles.